The van der Waals surface area contributed by atoms with Crippen LogP contribution in [0.3, 0.4) is 0 Å². The molecule has 0 amide bonds. The summed E-state index contributed by atoms with van der Waals surface area (Å²) in [6.45, 7) is 5.03. The number of nitrogens with zero attached hydrogens (tertiary/aromatic N) is 1. The van der Waals surface area contributed by atoms with Crippen LogP contribution in [0, 0.1) is 5.92 Å². The number of pyridine rings is 1. The van der Waals surface area contributed by atoms with Gasteiger partial charge in [-0.3, -0.25) is 0 Å². The van der Waals surface area contributed by atoms with Crippen LogP contribution in [0.15, 0.2) is 30.5 Å². The maximum atomic E-state index is 5.70. The summed E-state index contributed by atoms with van der Waals surface area (Å²) < 4.78 is 5.70. The van der Waals surface area contributed by atoms with Gasteiger partial charge < -0.3 is 10.1 Å². The normalized spacial score (nSPS) is 18.9. The maximum Gasteiger partial charge on any atom is 0.237 e. The van der Waals surface area contributed by atoms with Crippen LogP contribution in [-0.2, 0) is 0 Å². The van der Waals surface area contributed by atoms with E-state index in [1.807, 2.05) is 26.0 Å². The Labute approximate surface area is 109 Å². The van der Waals surface area contributed by atoms with Gasteiger partial charge in [0.1, 0.15) is 0 Å². The molecule has 1 atom stereocenters. The minimum Gasteiger partial charge on any atom is -0.473 e. The zero-order chi connectivity index (χ0) is 12.8. The summed E-state index contributed by atoms with van der Waals surface area (Å²) in [6.07, 6.45) is 10.1. The van der Waals surface area contributed by atoms with Crippen LogP contribution in [0.2, 0.25) is 0 Å². The molecule has 3 heteroatoms. The lowest BCUT2D eigenvalue weighted by Crippen LogP contribution is -2.17. The van der Waals surface area contributed by atoms with Crippen molar-refractivity contribution in [2.24, 2.45) is 5.92 Å². The van der Waals surface area contributed by atoms with E-state index in [1.54, 1.807) is 6.20 Å². The summed E-state index contributed by atoms with van der Waals surface area (Å²) in [4.78, 5) is 4.28. The van der Waals surface area contributed by atoms with Gasteiger partial charge in [-0.25, -0.2) is 4.98 Å². The molecule has 0 saturated carbocycles. The van der Waals surface area contributed by atoms with Crippen LogP contribution < -0.4 is 10.1 Å². The Morgan fingerprint density at radius 2 is 2.33 bits per heavy atom. The molecule has 1 aliphatic carbocycles. The highest BCUT2D eigenvalue weighted by Gasteiger charge is 2.11. The highest BCUT2D eigenvalue weighted by atomic mass is 16.5. The van der Waals surface area contributed by atoms with Crippen LogP contribution in [-0.4, -0.2) is 17.6 Å². The molecule has 0 aliphatic heterocycles. The van der Waals surface area contributed by atoms with Crippen LogP contribution in [0.1, 0.15) is 33.1 Å². The van der Waals surface area contributed by atoms with E-state index in [0.29, 0.717) is 5.88 Å². The van der Waals surface area contributed by atoms with E-state index in [1.165, 1.54) is 19.3 Å². The number of nitrogens with one attached hydrogen (secondary N) is 1. The van der Waals surface area contributed by atoms with E-state index in [-0.39, 0.29) is 6.10 Å². The lowest BCUT2D eigenvalue weighted by molar-refractivity contribution is 0.234. The van der Waals surface area contributed by atoms with Crippen LogP contribution >= 0.6 is 0 Å². The predicted octanol–water partition coefficient (Wildman–Crippen LogP) is 3.64. The molecule has 0 saturated heterocycles. The van der Waals surface area contributed by atoms with E-state index in [4.69, 9.17) is 4.74 Å². The third kappa shape index (κ3) is 3.76. The molecular weight excluding hydrogens is 224 g/mol. The van der Waals surface area contributed by atoms with E-state index < -0.39 is 0 Å². The maximum absolute atomic E-state index is 5.70. The Kier molecular flexibility index (Phi) is 4.62. The molecule has 1 unspecified atom stereocenters. The number of hydrogen-bond acceptors (Lipinski definition) is 3. The number of allylic oxidation sites excluding steroid dienone is 2. The smallest absolute Gasteiger partial charge is 0.237 e. The van der Waals surface area contributed by atoms with Gasteiger partial charge in [-0.05, 0) is 51.2 Å². The van der Waals surface area contributed by atoms with Crippen LogP contribution in [0.25, 0.3) is 0 Å². The van der Waals surface area contributed by atoms with Crippen molar-refractivity contribution in [2.45, 2.75) is 39.2 Å². The molecule has 2 rings (SSSR count). The molecule has 3 nitrogen and oxygen atoms in total. The van der Waals surface area contributed by atoms with Gasteiger partial charge in [-0.15, -0.1) is 0 Å². The van der Waals surface area contributed by atoms with Crippen molar-refractivity contribution in [3.8, 4) is 5.88 Å². The predicted molar refractivity (Wildman–Crippen MR) is 75.0 cm³/mol. The fourth-order valence-electron chi connectivity index (χ4n) is 2.14. The quantitative estimate of drug-likeness (QED) is 0.805. The fraction of sp³-hybridized carbons (Fsp3) is 0.533. The molecular formula is C15H22N2O. The second-order valence-corrected chi connectivity index (χ2v) is 5.05. The summed E-state index contributed by atoms with van der Waals surface area (Å²) in [7, 11) is 0. The molecule has 1 aliphatic rings. The topological polar surface area (TPSA) is 34.1 Å². The second-order valence-electron chi connectivity index (χ2n) is 5.05. The molecule has 1 aromatic heterocycles. The van der Waals surface area contributed by atoms with Crippen molar-refractivity contribution < 1.29 is 4.74 Å². The van der Waals surface area contributed by atoms with Crippen LogP contribution in [0.4, 0.5) is 5.69 Å². The zero-order valence-corrected chi connectivity index (χ0v) is 11.2. The zero-order valence-electron chi connectivity index (χ0n) is 11.2. The van der Waals surface area contributed by atoms with Crippen molar-refractivity contribution in [3.63, 3.8) is 0 Å². The second kappa shape index (κ2) is 6.43. The molecule has 0 aromatic carbocycles. The molecule has 1 aromatic rings. The molecule has 0 radical (unpaired) electrons. The summed E-state index contributed by atoms with van der Waals surface area (Å²) in [5.74, 6) is 1.43. The number of aromatic nitrogens is 1. The van der Waals surface area contributed by atoms with Gasteiger partial charge in [0.05, 0.1) is 11.8 Å². The summed E-state index contributed by atoms with van der Waals surface area (Å²) in [5, 5.41) is 3.47. The Bertz CT molecular complexity index is 401. The first-order valence-corrected chi connectivity index (χ1v) is 6.76. The van der Waals surface area contributed by atoms with Gasteiger partial charge >= 0.3 is 0 Å². The largest absolute Gasteiger partial charge is 0.473 e. The molecule has 0 fully saturated rings. The molecule has 1 N–H and O–H groups in total. The first-order chi connectivity index (χ1) is 8.75. The summed E-state index contributed by atoms with van der Waals surface area (Å²) >= 11 is 0. The molecule has 98 valence electrons. The highest BCUT2D eigenvalue weighted by molar-refractivity contribution is 5.52. The molecule has 0 spiro atoms. The SMILES string of the molecule is CC(C)Oc1ncccc1NCC1CC=CCC1. The van der Waals surface area contributed by atoms with E-state index in [0.717, 1.165) is 18.2 Å². The number of anilines is 1. The molecule has 18 heavy (non-hydrogen) atoms. The van der Waals surface area contributed by atoms with Gasteiger partial charge in [0.2, 0.25) is 5.88 Å². The van der Waals surface area contributed by atoms with Crippen molar-refractivity contribution in [1.29, 1.82) is 0 Å². The Balaban J connectivity index is 1.93. The highest BCUT2D eigenvalue weighted by Crippen LogP contribution is 2.24. The molecule has 0 bridgehead atoms. The summed E-state index contributed by atoms with van der Waals surface area (Å²) in [6, 6.07) is 3.97. The van der Waals surface area contributed by atoms with E-state index in [9.17, 15) is 0 Å². The minimum atomic E-state index is 0.151. The third-order valence-electron chi connectivity index (χ3n) is 3.08. The number of hydrogen-bond donors (Lipinski definition) is 1. The van der Waals surface area contributed by atoms with Gasteiger partial charge in [0, 0.05) is 12.7 Å². The first-order valence-electron chi connectivity index (χ1n) is 6.76. The lowest BCUT2D eigenvalue weighted by atomic mass is 9.94. The minimum absolute atomic E-state index is 0.151. The van der Waals surface area contributed by atoms with Gasteiger partial charge in [-0.1, -0.05) is 12.2 Å². The average molecular weight is 246 g/mol. The molecule has 1 heterocycles. The monoisotopic (exact) mass is 246 g/mol. The Morgan fingerprint density at radius 1 is 1.44 bits per heavy atom. The number of rotatable bonds is 5. The standard InChI is InChI=1S/C15H22N2O/c1-12(2)18-15-14(9-6-10-16-15)17-11-13-7-4-3-5-8-13/h3-4,6,9-10,12-13,17H,5,7-8,11H2,1-2H3. The summed E-state index contributed by atoms with van der Waals surface area (Å²) in [5.41, 5.74) is 1.00. The van der Waals surface area contributed by atoms with E-state index in [2.05, 4.69) is 22.5 Å². The van der Waals surface area contributed by atoms with Crippen molar-refractivity contribution in [1.82, 2.24) is 4.98 Å². The van der Waals surface area contributed by atoms with Crippen molar-refractivity contribution in [3.05, 3.63) is 30.5 Å². The third-order valence-corrected chi connectivity index (χ3v) is 3.08. The Hall–Kier alpha value is -1.51. The first kappa shape index (κ1) is 12.9. The lowest BCUT2D eigenvalue weighted by Gasteiger charge is -2.20. The van der Waals surface area contributed by atoms with Crippen molar-refractivity contribution >= 4 is 5.69 Å². The van der Waals surface area contributed by atoms with Gasteiger partial charge in [0.25, 0.3) is 0 Å². The fourth-order valence-corrected chi connectivity index (χ4v) is 2.14. The Morgan fingerprint density at radius 3 is 3.06 bits per heavy atom. The van der Waals surface area contributed by atoms with Gasteiger partial charge in [-0.2, -0.15) is 0 Å². The van der Waals surface area contributed by atoms with E-state index >= 15 is 0 Å². The van der Waals surface area contributed by atoms with Crippen LogP contribution in [0.5, 0.6) is 5.88 Å². The average Bonchev–Trinajstić information content (AvgIpc) is 2.38. The number of ether oxygens (including phenoxy) is 1. The van der Waals surface area contributed by atoms with Gasteiger partial charge in [0.15, 0.2) is 0 Å². The van der Waals surface area contributed by atoms with Crippen molar-refractivity contribution in [2.75, 3.05) is 11.9 Å².